The van der Waals surface area contributed by atoms with Gasteiger partial charge in [0, 0.05) is 23.5 Å². The average Bonchev–Trinajstić information content (AvgIpc) is 3.34. The maximum absolute atomic E-state index is 13.0. The zero-order valence-corrected chi connectivity index (χ0v) is 17.0. The highest BCUT2D eigenvalue weighted by atomic mass is 32.1. The molecule has 6 heteroatoms. The van der Waals surface area contributed by atoms with Crippen LogP contribution in [0.2, 0.25) is 0 Å². The number of hydrogen-bond donors (Lipinski definition) is 1. The first-order valence-corrected chi connectivity index (χ1v) is 10.3. The Hall–Kier alpha value is -2.21. The molecule has 0 aliphatic heterocycles. The molecule has 144 valence electrons. The Balaban J connectivity index is 1.62. The Kier molecular flexibility index (Phi) is 6.26. The van der Waals surface area contributed by atoms with Gasteiger partial charge in [0.25, 0.3) is 0 Å². The molecule has 0 spiro atoms. The number of nitrogens with one attached hydrogen (secondary N) is 1. The van der Waals surface area contributed by atoms with Crippen molar-refractivity contribution in [1.29, 1.82) is 0 Å². The van der Waals surface area contributed by atoms with Crippen molar-refractivity contribution in [2.24, 2.45) is 11.8 Å². The van der Waals surface area contributed by atoms with E-state index in [9.17, 15) is 9.59 Å². The van der Waals surface area contributed by atoms with Crippen molar-refractivity contribution in [1.82, 2.24) is 9.88 Å². The number of aromatic nitrogens is 1. The Labute approximate surface area is 164 Å². The van der Waals surface area contributed by atoms with Gasteiger partial charge < -0.3 is 10.2 Å². The summed E-state index contributed by atoms with van der Waals surface area (Å²) in [6.07, 6.45) is 3.49. The molecule has 1 fully saturated rings. The number of carbonyl (C=O) groups is 2. The van der Waals surface area contributed by atoms with E-state index in [2.05, 4.69) is 36.3 Å². The van der Waals surface area contributed by atoms with Crippen molar-refractivity contribution in [2.45, 2.75) is 39.5 Å². The van der Waals surface area contributed by atoms with Crippen LogP contribution in [0.4, 0.5) is 5.13 Å². The van der Waals surface area contributed by atoms with Gasteiger partial charge in [0.15, 0.2) is 5.13 Å². The van der Waals surface area contributed by atoms with Crippen molar-refractivity contribution < 1.29 is 9.59 Å². The lowest BCUT2D eigenvalue weighted by Crippen LogP contribution is -2.40. The van der Waals surface area contributed by atoms with E-state index in [1.165, 1.54) is 16.9 Å². The van der Waals surface area contributed by atoms with Crippen LogP contribution >= 0.6 is 11.3 Å². The third-order valence-corrected chi connectivity index (χ3v) is 5.65. The van der Waals surface area contributed by atoms with Gasteiger partial charge in [0.05, 0.1) is 6.54 Å². The maximum Gasteiger partial charge on any atom is 0.245 e. The Morgan fingerprint density at radius 3 is 2.67 bits per heavy atom. The Morgan fingerprint density at radius 2 is 2.04 bits per heavy atom. The fourth-order valence-electron chi connectivity index (χ4n) is 3.20. The summed E-state index contributed by atoms with van der Waals surface area (Å²) < 4.78 is 0. The molecule has 1 aliphatic carbocycles. The van der Waals surface area contributed by atoms with Crippen LogP contribution in [-0.2, 0) is 9.59 Å². The summed E-state index contributed by atoms with van der Waals surface area (Å²) in [6, 6.07) is 10.2. The molecule has 27 heavy (non-hydrogen) atoms. The monoisotopic (exact) mass is 385 g/mol. The van der Waals surface area contributed by atoms with E-state index in [1.807, 2.05) is 25.1 Å². The number of carbonyl (C=O) groups excluding carboxylic acids is 2. The number of aryl methyl sites for hydroxylation is 1. The predicted octanol–water partition coefficient (Wildman–Crippen LogP) is 4.07. The van der Waals surface area contributed by atoms with Crippen LogP contribution in [0, 0.1) is 18.8 Å². The molecule has 2 atom stereocenters. The van der Waals surface area contributed by atoms with Gasteiger partial charge in [-0.15, -0.1) is 11.3 Å². The van der Waals surface area contributed by atoms with Gasteiger partial charge in [-0.3, -0.25) is 9.59 Å². The summed E-state index contributed by atoms with van der Waals surface area (Å²) in [7, 11) is 0. The van der Waals surface area contributed by atoms with E-state index < -0.39 is 0 Å². The molecule has 0 radical (unpaired) electrons. The smallest absolute Gasteiger partial charge is 0.245 e. The van der Waals surface area contributed by atoms with Gasteiger partial charge in [-0.25, -0.2) is 4.98 Å². The lowest BCUT2D eigenvalue weighted by molar-refractivity contribution is -0.136. The van der Waals surface area contributed by atoms with E-state index in [0.717, 1.165) is 17.7 Å². The van der Waals surface area contributed by atoms with Crippen LogP contribution in [0.3, 0.4) is 0 Å². The van der Waals surface area contributed by atoms with E-state index in [-0.39, 0.29) is 30.2 Å². The van der Waals surface area contributed by atoms with Gasteiger partial charge in [-0.1, -0.05) is 44.2 Å². The second-order valence-electron chi connectivity index (χ2n) is 7.63. The van der Waals surface area contributed by atoms with Crippen LogP contribution in [0.15, 0.2) is 36.5 Å². The minimum atomic E-state index is -0.182. The third-order valence-electron chi connectivity index (χ3n) is 4.83. The fraction of sp³-hybridized carbons (Fsp3) is 0.476. The first kappa shape index (κ1) is 19.5. The van der Waals surface area contributed by atoms with Crippen LogP contribution in [0.1, 0.15) is 43.0 Å². The lowest BCUT2D eigenvalue weighted by Gasteiger charge is -2.23. The molecule has 2 aromatic rings. The molecular formula is C21H27N3O2S. The summed E-state index contributed by atoms with van der Waals surface area (Å²) in [5.74, 6) is 0.668. The van der Waals surface area contributed by atoms with Crippen molar-refractivity contribution >= 4 is 28.3 Å². The molecule has 1 heterocycles. The van der Waals surface area contributed by atoms with Gasteiger partial charge >= 0.3 is 0 Å². The second-order valence-corrected chi connectivity index (χ2v) is 8.86. The number of benzene rings is 1. The summed E-state index contributed by atoms with van der Waals surface area (Å²) in [4.78, 5) is 32.4. The summed E-state index contributed by atoms with van der Waals surface area (Å²) in [5.41, 5.74) is 1.21. The van der Waals surface area contributed by atoms with Crippen molar-refractivity contribution in [3.63, 3.8) is 0 Å². The number of thiazole rings is 1. The van der Waals surface area contributed by atoms with Crippen molar-refractivity contribution in [3.8, 4) is 0 Å². The molecule has 2 amide bonds. The predicted molar refractivity (Wildman–Crippen MR) is 109 cm³/mol. The summed E-state index contributed by atoms with van der Waals surface area (Å²) in [5, 5.41) is 3.40. The van der Waals surface area contributed by atoms with Crippen molar-refractivity contribution in [2.75, 3.05) is 18.4 Å². The molecule has 1 aliphatic rings. The van der Waals surface area contributed by atoms with E-state index in [0.29, 0.717) is 17.6 Å². The van der Waals surface area contributed by atoms with Crippen LogP contribution in [-0.4, -0.2) is 34.8 Å². The average molecular weight is 386 g/mol. The molecule has 5 nitrogen and oxygen atoms in total. The van der Waals surface area contributed by atoms with Gasteiger partial charge in [-0.05, 0) is 37.2 Å². The molecular weight excluding hydrogens is 358 g/mol. The van der Waals surface area contributed by atoms with Crippen molar-refractivity contribution in [3.05, 3.63) is 47.0 Å². The SMILES string of the molecule is Cc1cnc(NC(=O)CN(CCC(C)C)C(=O)[C@@H]2C[C@H]2c2ccccc2)s1. The first-order chi connectivity index (χ1) is 12.9. The van der Waals surface area contributed by atoms with Gasteiger partial charge in [-0.2, -0.15) is 0 Å². The Bertz CT molecular complexity index is 788. The first-order valence-electron chi connectivity index (χ1n) is 9.50. The molecule has 0 unspecified atom stereocenters. The van der Waals surface area contributed by atoms with Gasteiger partial charge in [0.1, 0.15) is 0 Å². The normalized spacial score (nSPS) is 18.4. The van der Waals surface area contributed by atoms with E-state index >= 15 is 0 Å². The van der Waals surface area contributed by atoms with Crippen LogP contribution < -0.4 is 5.32 Å². The molecule has 1 aromatic carbocycles. The summed E-state index contributed by atoms with van der Waals surface area (Å²) >= 11 is 1.44. The zero-order chi connectivity index (χ0) is 19.4. The maximum atomic E-state index is 13.0. The number of amides is 2. The number of hydrogen-bond acceptors (Lipinski definition) is 4. The number of anilines is 1. The summed E-state index contributed by atoms with van der Waals surface area (Å²) in [6.45, 7) is 6.90. The van der Waals surface area contributed by atoms with E-state index in [4.69, 9.17) is 0 Å². The Morgan fingerprint density at radius 1 is 1.30 bits per heavy atom. The third kappa shape index (κ3) is 5.39. The highest BCUT2D eigenvalue weighted by molar-refractivity contribution is 7.15. The minimum Gasteiger partial charge on any atom is -0.333 e. The second kappa shape index (κ2) is 8.65. The molecule has 0 saturated heterocycles. The van der Waals surface area contributed by atoms with Crippen LogP contribution in [0.5, 0.6) is 0 Å². The fourth-order valence-corrected chi connectivity index (χ4v) is 3.88. The minimum absolute atomic E-state index is 0.00512. The quantitative estimate of drug-likeness (QED) is 0.745. The van der Waals surface area contributed by atoms with E-state index in [1.54, 1.807) is 11.1 Å². The van der Waals surface area contributed by atoms with Gasteiger partial charge in [0.2, 0.25) is 11.8 Å². The molecule has 1 saturated carbocycles. The molecule has 0 bridgehead atoms. The number of nitrogens with zero attached hydrogens (tertiary/aromatic N) is 2. The topological polar surface area (TPSA) is 62.3 Å². The van der Waals surface area contributed by atoms with Crippen LogP contribution in [0.25, 0.3) is 0 Å². The molecule has 1 N–H and O–H groups in total. The number of rotatable bonds is 8. The largest absolute Gasteiger partial charge is 0.333 e. The highest BCUT2D eigenvalue weighted by Gasteiger charge is 2.45. The zero-order valence-electron chi connectivity index (χ0n) is 16.1. The highest BCUT2D eigenvalue weighted by Crippen LogP contribution is 2.48. The lowest BCUT2D eigenvalue weighted by atomic mass is 10.1. The standard InChI is InChI=1S/C21H27N3O2S/c1-14(2)9-10-24(13-19(25)23-21-22-12-15(3)27-21)20(26)18-11-17(18)16-7-5-4-6-8-16/h4-8,12,14,17-18H,9-11,13H2,1-3H3,(H,22,23,25)/t17-,18+/m0/s1. The molecule has 3 rings (SSSR count). The molecule has 1 aromatic heterocycles.